The van der Waals surface area contributed by atoms with Gasteiger partial charge in [-0.1, -0.05) is 11.6 Å². The fraction of sp³-hybridized carbons (Fsp3) is 0.438. The maximum Gasteiger partial charge on any atom is 0.322 e. The van der Waals surface area contributed by atoms with Crippen LogP contribution in [-0.2, 0) is 16.1 Å². The molecule has 8 heteroatoms. The van der Waals surface area contributed by atoms with Crippen LogP contribution in [0.1, 0.15) is 25.3 Å². The Bertz CT molecular complexity index is 650. The molecule has 1 aliphatic heterocycles. The van der Waals surface area contributed by atoms with Gasteiger partial charge in [-0.05, 0) is 31.5 Å². The Labute approximate surface area is 145 Å². The fourth-order valence-electron chi connectivity index (χ4n) is 2.43. The minimum atomic E-state index is -0.653. The van der Waals surface area contributed by atoms with Crippen LogP contribution < -0.4 is 15.4 Å². The van der Waals surface area contributed by atoms with Gasteiger partial charge in [-0.25, -0.2) is 4.79 Å². The van der Waals surface area contributed by atoms with E-state index in [0.717, 1.165) is 5.56 Å². The molecular weight excluding hydrogens is 334 g/mol. The monoisotopic (exact) mass is 353 g/mol. The number of rotatable bonds is 7. The minimum Gasteiger partial charge on any atom is -0.494 e. The molecule has 1 fully saturated rings. The second-order valence-corrected chi connectivity index (χ2v) is 5.93. The van der Waals surface area contributed by atoms with Crippen molar-refractivity contribution in [1.29, 1.82) is 0 Å². The summed E-state index contributed by atoms with van der Waals surface area (Å²) in [4.78, 5) is 36.3. The standard InChI is InChI=1S/C16H20ClN3O4/c1-3-24-13-6-4-11(17)8-10(13)9-20(2)14(21)7-5-12-15(22)19-16(23)18-12/h4,6,8,12H,3,5,7,9H2,1-2H3,(H2,18,19,22,23). The number of amides is 4. The molecule has 4 amide bonds. The second-order valence-electron chi connectivity index (χ2n) is 5.49. The zero-order chi connectivity index (χ0) is 17.7. The van der Waals surface area contributed by atoms with E-state index in [9.17, 15) is 14.4 Å². The molecule has 1 aromatic carbocycles. The van der Waals surface area contributed by atoms with Crippen LogP contribution in [0, 0.1) is 0 Å². The van der Waals surface area contributed by atoms with E-state index >= 15 is 0 Å². The maximum absolute atomic E-state index is 12.3. The highest BCUT2D eigenvalue weighted by atomic mass is 35.5. The molecule has 7 nitrogen and oxygen atoms in total. The smallest absolute Gasteiger partial charge is 0.322 e. The molecule has 130 valence electrons. The van der Waals surface area contributed by atoms with Crippen molar-refractivity contribution in [1.82, 2.24) is 15.5 Å². The number of carbonyl (C=O) groups excluding carboxylic acids is 3. The third kappa shape index (κ3) is 4.61. The molecule has 1 heterocycles. The molecule has 2 rings (SSSR count). The summed E-state index contributed by atoms with van der Waals surface area (Å²) in [5.74, 6) is 0.152. The summed E-state index contributed by atoms with van der Waals surface area (Å²) in [5, 5.41) is 5.18. The van der Waals surface area contributed by atoms with E-state index in [2.05, 4.69) is 10.6 Å². The van der Waals surface area contributed by atoms with Crippen molar-refractivity contribution in [2.24, 2.45) is 0 Å². The predicted molar refractivity (Wildman–Crippen MR) is 88.8 cm³/mol. The molecule has 1 saturated heterocycles. The molecular formula is C16H20ClN3O4. The average Bonchev–Trinajstić information content (AvgIpc) is 2.85. The Morgan fingerprint density at radius 3 is 2.75 bits per heavy atom. The molecule has 0 saturated carbocycles. The lowest BCUT2D eigenvalue weighted by Crippen LogP contribution is -2.32. The van der Waals surface area contributed by atoms with Gasteiger partial charge in [-0.3, -0.25) is 14.9 Å². The van der Waals surface area contributed by atoms with Gasteiger partial charge < -0.3 is 15.0 Å². The van der Waals surface area contributed by atoms with Crippen LogP contribution in [-0.4, -0.2) is 42.4 Å². The highest BCUT2D eigenvalue weighted by Crippen LogP contribution is 2.24. The molecule has 1 aromatic rings. The van der Waals surface area contributed by atoms with Gasteiger partial charge in [0.25, 0.3) is 5.91 Å². The van der Waals surface area contributed by atoms with Gasteiger partial charge in [0.1, 0.15) is 11.8 Å². The van der Waals surface area contributed by atoms with Gasteiger partial charge in [0.2, 0.25) is 5.91 Å². The number of nitrogens with one attached hydrogen (secondary N) is 2. The molecule has 0 aliphatic carbocycles. The summed E-state index contributed by atoms with van der Waals surface area (Å²) in [6, 6.07) is 4.10. The average molecular weight is 354 g/mol. The van der Waals surface area contributed by atoms with Crippen LogP contribution in [0.15, 0.2) is 18.2 Å². The number of carbonyl (C=O) groups is 3. The van der Waals surface area contributed by atoms with Gasteiger partial charge in [0.05, 0.1) is 6.61 Å². The first-order chi connectivity index (χ1) is 11.4. The topological polar surface area (TPSA) is 87.7 Å². The number of nitrogens with zero attached hydrogens (tertiary/aromatic N) is 1. The van der Waals surface area contributed by atoms with Crippen LogP contribution in [0.5, 0.6) is 5.75 Å². The van der Waals surface area contributed by atoms with Crippen molar-refractivity contribution >= 4 is 29.4 Å². The lowest BCUT2D eigenvalue weighted by Gasteiger charge is -2.20. The second kappa shape index (κ2) is 8.01. The van der Waals surface area contributed by atoms with Gasteiger partial charge in [-0.2, -0.15) is 0 Å². The largest absolute Gasteiger partial charge is 0.494 e. The summed E-state index contributed by atoms with van der Waals surface area (Å²) in [5.41, 5.74) is 0.812. The first kappa shape index (κ1) is 18.1. The molecule has 1 aliphatic rings. The number of imide groups is 1. The molecule has 1 unspecified atom stereocenters. The van der Waals surface area contributed by atoms with Gasteiger partial charge in [-0.15, -0.1) is 0 Å². The van der Waals surface area contributed by atoms with E-state index in [0.29, 0.717) is 23.9 Å². The summed E-state index contributed by atoms with van der Waals surface area (Å²) in [6.07, 6.45) is 0.411. The molecule has 0 aromatic heterocycles. The molecule has 0 radical (unpaired) electrons. The zero-order valence-electron chi connectivity index (χ0n) is 13.6. The summed E-state index contributed by atoms with van der Waals surface area (Å²) >= 11 is 6.01. The molecule has 24 heavy (non-hydrogen) atoms. The third-order valence-corrected chi connectivity index (χ3v) is 3.90. The van der Waals surface area contributed by atoms with Crippen molar-refractivity contribution in [2.75, 3.05) is 13.7 Å². The van der Waals surface area contributed by atoms with Crippen LogP contribution in [0.2, 0.25) is 5.02 Å². The Balaban J connectivity index is 1.93. The first-order valence-electron chi connectivity index (χ1n) is 7.67. The molecule has 0 spiro atoms. The summed E-state index contributed by atoms with van der Waals surface area (Å²) in [7, 11) is 1.67. The highest BCUT2D eigenvalue weighted by Gasteiger charge is 2.29. The Morgan fingerprint density at radius 2 is 2.12 bits per heavy atom. The minimum absolute atomic E-state index is 0.133. The van der Waals surface area contributed by atoms with Gasteiger partial charge in [0, 0.05) is 30.6 Å². The van der Waals surface area contributed by atoms with Crippen LogP contribution >= 0.6 is 11.6 Å². The van der Waals surface area contributed by atoms with E-state index in [1.54, 1.807) is 30.1 Å². The van der Waals surface area contributed by atoms with Crippen LogP contribution in [0.3, 0.4) is 0 Å². The SMILES string of the molecule is CCOc1ccc(Cl)cc1CN(C)C(=O)CCC1NC(=O)NC1=O. The molecule has 2 N–H and O–H groups in total. The van der Waals surface area contributed by atoms with Gasteiger partial charge >= 0.3 is 6.03 Å². The Hall–Kier alpha value is -2.28. The number of ether oxygens (including phenoxy) is 1. The van der Waals surface area contributed by atoms with Crippen LogP contribution in [0.25, 0.3) is 0 Å². The summed E-state index contributed by atoms with van der Waals surface area (Å²) < 4.78 is 5.54. The van der Waals surface area contributed by atoms with Gasteiger partial charge in [0.15, 0.2) is 0 Å². The van der Waals surface area contributed by atoms with Crippen LogP contribution in [0.4, 0.5) is 4.79 Å². The van der Waals surface area contributed by atoms with E-state index in [1.165, 1.54) is 0 Å². The lowest BCUT2D eigenvalue weighted by atomic mass is 10.1. The van der Waals surface area contributed by atoms with E-state index in [-0.39, 0.29) is 18.7 Å². The predicted octanol–water partition coefficient (Wildman–Crippen LogP) is 1.69. The number of hydrogen-bond donors (Lipinski definition) is 2. The fourth-order valence-corrected chi connectivity index (χ4v) is 2.63. The Morgan fingerprint density at radius 1 is 1.38 bits per heavy atom. The lowest BCUT2D eigenvalue weighted by molar-refractivity contribution is -0.130. The zero-order valence-corrected chi connectivity index (χ0v) is 14.4. The maximum atomic E-state index is 12.3. The van der Waals surface area contributed by atoms with E-state index < -0.39 is 18.0 Å². The number of halogens is 1. The van der Waals surface area contributed by atoms with E-state index in [4.69, 9.17) is 16.3 Å². The number of benzene rings is 1. The van der Waals surface area contributed by atoms with Crippen molar-refractivity contribution in [2.45, 2.75) is 32.4 Å². The summed E-state index contributed by atoms with van der Waals surface area (Å²) in [6.45, 7) is 2.74. The normalized spacial score (nSPS) is 16.5. The van der Waals surface area contributed by atoms with E-state index in [1.807, 2.05) is 6.92 Å². The number of hydrogen-bond acceptors (Lipinski definition) is 4. The Kier molecular flexibility index (Phi) is 6.03. The van der Waals surface area contributed by atoms with Crippen molar-refractivity contribution in [3.63, 3.8) is 0 Å². The quantitative estimate of drug-likeness (QED) is 0.730. The van der Waals surface area contributed by atoms with Crippen molar-refractivity contribution < 1.29 is 19.1 Å². The third-order valence-electron chi connectivity index (χ3n) is 3.66. The molecule has 0 bridgehead atoms. The highest BCUT2D eigenvalue weighted by molar-refractivity contribution is 6.30. The molecule has 1 atom stereocenters. The first-order valence-corrected chi connectivity index (χ1v) is 8.05. The van der Waals surface area contributed by atoms with Crippen molar-refractivity contribution in [3.8, 4) is 5.75 Å². The van der Waals surface area contributed by atoms with Crippen molar-refractivity contribution in [3.05, 3.63) is 28.8 Å². The number of urea groups is 1.